The van der Waals surface area contributed by atoms with E-state index in [-0.39, 0.29) is 0 Å². The molecule has 60 heavy (non-hydrogen) atoms. The Balaban J connectivity index is 0.945. The maximum atomic E-state index is 6.64. The third kappa shape index (κ3) is 4.25. The topological polar surface area (TPSA) is 35.0 Å². The highest BCUT2D eigenvalue weighted by Crippen LogP contribution is 2.84. The summed E-state index contributed by atoms with van der Waals surface area (Å²) < 4.78 is 6.64. The first kappa shape index (κ1) is 33.3. The highest BCUT2D eigenvalue weighted by molar-refractivity contribution is 5.90. The maximum absolute atomic E-state index is 6.64. The van der Waals surface area contributed by atoms with Crippen molar-refractivity contribution in [2.24, 2.45) is 23.2 Å². The van der Waals surface area contributed by atoms with Gasteiger partial charge in [-0.05, 0) is 130 Å². The SMILES string of the molecule is c1ccc(-c2cccc(-c3nc(-c4ccc(C56CC7C[C@@H]8C[C@@H](C5)C78C6)cc4)cc(-c4ccc5c(c4)C4(c6ccccc6Oc6ccccc64)c4ccccc4-5)n3)c2)cc1. The molecule has 5 atom stereocenters. The fourth-order valence-corrected chi connectivity index (χ4v) is 13.8. The third-order valence-electron chi connectivity index (χ3n) is 16.2. The van der Waals surface area contributed by atoms with E-state index in [4.69, 9.17) is 14.7 Å². The molecule has 0 amide bonds. The van der Waals surface area contributed by atoms with Crippen molar-refractivity contribution in [1.29, 1.82) is 0 Å². The van der Waals surface area contributed by atoms with Gasteiger partial charge in [-0.1, -0.05) is 146 Å². The van der Waals surface area contributed by atoms with Gasteiger partial charge in [-0.15, -0.1) is 0 Å². The normalized spacial score (nSPS) is 24.9. The lowest BCUT2D eigenvalue weighted by molar-refractivity contribution is -0.175. The Labute approximate surface area is 350 Å². The summed E-state index contributed by atoms with van der Waals surface area (Å²) >= 11 is 0. The van der Waals surface area contributed by atoms with Gasteiger partial charge in [0.05, 0.1) is 16.8 Å². The summed E-state index contributed by atoms with van der Waals surface area (Å²) in [6.07, 6.45) is 7.17. The van der Waals surface area contributed by atoms with E-state index >= 15 is 0 Å². The molecular formula is C57H42N2O. The van der Waals surface area contributed by atoms with Crippen LogP contribution in [0.1, 0.15) is 59.9 Å². The van der Waals surface area contributed by atoms with Gasteiger partial charge in [0.15, 0.2) is 5.82 Å². The van der Waals surface area contributed by atoms with E-state index in [2.05, 4.69) is 176 Å². The van der Waals surface area contributed by atoms with Crippen LogP contribution in [0.25, 0.3) is 56.2 Å². The van der Waals surface area contributed by atoms with Crippen molar-refractivity contribution >= 4 is 0 Å². The van der Waals surface area contributed by atoms with E-state index in [1.807, 2.05) is 0 Å². The second-order valence-corrected chi connectivity index (χ2v) is 18.7. The number of ether oxygens (including phenoxy) is 1. The van der Waals surface area contributed by atoms with Gasteiger partial charge in [0.25, 0.3) is 0 Å². The molecule has 2 heterocycles. The average Bonchev–Trinajstić information content (AvgIpc) is 3.91. The van der Waals surface area contributed by atoms with Gasteiger partial charge in [0, 0.05) is 27.8 Å². The first-order valence-electron chi connectivity index (χ1n) is 21.9. The molecule has 1 aromatic heterocycles. The van der Waals surface area contributed by atoms with Crippen LogP contribution in [0.5, 0.6) is 11.5 Å². The first-order chi connectivity index (χ1) is 29.6. The molecule has 8 aromatic rings. The fourth-order valence-electron chi connectivity index (χ4n) is 13.8. The summed E-state index contributed by atoms with van der Waals surface area (Å²) in [6, 6.07) is 64.2. The molecule has 286 valence electrons. The number of para-hydroxylation sites is 2. The highest BCUT2D eigenvalue weighted by Gasteiger charge is 2.77. The molecule has 3 heteroatoms. The zero-order valence-corrected chi connectivity index (χ0v) is 33.3. The van der Waals surface area contributed by atoms with Gasteiger partial charge in [-0.2, -0.15) is 0 Å². The van der Waals surface area contributed by atoms with E-state index < -0.39 is 5.41 Å². The highest BCUT2D eigenvalue weighted by atomic mass is 16.5. The van der Waals surface area contributed by atoms with E-state index in [0.29, 0.717) is 10.8 Å². The Morgan fingerprint density at radius 3 is 1.75 bits per heavy atom. The van der Waals surface area contributed by atoms with Crippen LogP contribution in [-0.4, -0.2) is 9.97 Å². The van der Waals surface area contributed by atoms with E-state index in [1.54, 1.807) is 5.56 Å². The molecule has 3 unspecified atom stereocenters. The van der Waals surface area contributed by atoms with Crippen LogP contribution >= 0.6 is 0 Å². The average molecular weight is 771 g/mol. The second kappa shape index (κ2) is 11.8. The molecule has 2 bridgehead atoms. The Morgan fingerprint density at radius 1 is 0.433 bits per heavy atom. The monoisotopic (exact) mass is 770 g/mol. The molecule has 5 aliphatic carbocycles. The fraction of sp³-hybridized carbons (Fsp3) is 0.193. The van der Waals surface area contributed by atoms with Gasteiger partial charge in [0.2, 0.25) is 0 Å². The van der Waals surface area contributed by atoms with Crippen LogP contribution in [0.15, 0.2) is 176 Å². The first-order valence-corrected chi connectivity index (χ1v) is 21.9. The van der Waals surface area contributed by atoms with Crippen molar-refractivity contribution in [3.05, 3.63) is 204 Å². The number of aromatic nitrogens is 2. The summed E-state index contributed by atoms with van der Waals surface area (Å²) in [7, 11) is 0. The standard InChI is InChI=1S/C57H42N2O/c1-2-11-35(12-3-1)37-13-10-14-39(27-37)54-58-50(36-21-24-40(25-22-36)55-32-42-29-41-30-43(33-55)56(41,42)34-55)31-51(59-54)38-23-26-45-44-15-4-5-16-46(44)57(49(45)28-38)47-17-6-8-19-52(47)60-53-20-9-7-18-48(53)57/h1-28,31,41-43H,29-30,32-34H2/t41-,42-,43?,55?,56?/m0/s1. The van der Waals surface area contributed by atoms with E-state index in [0.717, 1.165) is 79.8 Å². The lowest BCUT2D eigenvalue weighted by Gasteiger charge is -2.66. The Morgan fingerprint density at radius 2 is 1.03 bits per heavy atom. The maximum Gasteiger partial charge on any atom is 0.160 e. The lowest BCUT2D eigenvalue weighted by Crippen LogP contribution is -2.59. The summed E-state index contributed by atoms with van der Waals surface area (Å²) in [5, 5.41) is 0. The Kier molecular flexibility index (Phi) is 6.54. The summed E-state index contributed by atoms with van der Waals surface area (Å²) in [5.74, 6) is 5.48. The minimum absolute atomic E-state index is 0.373. The lowest BCUT2D eigenvalue weighted by atomic mass is 9.38. The summed E-state index contributed by atoms with van der Waals surface area (Å²) in [4.78, 5) is 10.8. The van der Waals surface area contributed by atoms with Crippen molar-refractivity contribution in [3.8, 4) is 67.7 Å². The van der Waals surface area contributed by atoms with Crippen molar-refractivity contribution in [2.75, 3.05) is 0 Å². The van der Waals surface area contributed by atoms with Crippen LogP contribution < -0.4 is 4.74 Å². The zero-order valence-electron chi connectivity index (χ0n) is 33.3. The van der Waals surface area contributed by atoms with Gasteiger partial charge < -0.3 is 4.74 Å². The van der Waals surface area contributed by atoms with Crippen LogP contribution in [-0.2, 0) is 10.8 Å². The van der Waals surface area contributed by atoms with E-state index in [9.17, 15) is 0 Å². The molecule has 1 aliphatic heterocycles. The van der Waals surface area contributed by atoms with Crippen LogP contribution in [0, 0.1) is 23.2 Å². The largest absolute Gasteiger partial charge is 0.457 e. The Hall–Kier alpha value is -6.58. The molecule has 14 rings (SSSR count). The molecule has 3 nitrogen and oxygen atoms in total. The number of hydrogen-bond acceptors (Lipinski definition) is 3. The van der Waals surface area contributed by atoms with E-state index in [1.165, 1.54) is 59.9 Å². The van der Waals surface area contributed by atoms with Gasteiger partial charge in [-0.25, -0.2) is 9.97 Å². The number of nitrogens with zero attached hydrogens (tertiary/aromatic N) is 2. The minimum Gasteiger partial charge on any atom is -0.457 e. The molecule has 0 radical (unpaired) electrons. The predicted molar refractivity (Wildman–Crippen MR) is 239 cm³/mol. The third-order valence-corrected chi connectivity index (χ3v) is 16.2. The molecule has 6 aliphatic rings. The minimum atomic E-state index is -0.551. The van der Waals surface area contributed by atoms with Gasteiger partial charge in [-0.3, -0.25) is 0 Å². The van der Waals surface area contributed by atoms with Crippen molar-refractivity contribution < 1.29 is 4.74 Å². The molecule has 4 saturated carbocycles. The quantitative estimate of drug-likeness (QED) is 0.175. The summed E-state index contributed by atoms with van der Waals surface area (Å²) in [6.45, 7) is 0. The number of fused-ring (bicyclic) bond motifs is 10. The predicted octanol–water partition coefficient (Wildman–Crippen LogP) is 13.7. The Bertz CT molecular complexity index is 3030. The molecule has 2 spiro atoms. The van der Waals surface area contributed by atoms with Crippen LogP contribution in [0.2, 0.25) is 0 Å². The zero-order chi connectivity index (χ0) is 39.2. The van der Waals surface area contributed by atoms with Crippen LogP contribution in [0.3, 0.4) is 0 Å². The summed E-state index contributed by atoms with van der Waals surface area (Å²) in [5.41, 5.74) is 16.8. The number of benzene rings is 7. The van der Waals surface area contributed by atoms with Gasteiger partial charge >= 0.3 is 0 Å². The van der Waals surface area contributed by atoms with Gasteiger partial charge in [0.1, 0.15) is 11.5 Å². The van der Waals surface area contributed by atoms with Crippen molar-refractivity contribution in [3.63, 3.8) is 0 Å². The van der Waals surface area contributed by atoms with Crippen LogP contribution in [0.4, 0.5) is 0 Å². The molecule has 0 saturated heterocycles. The van der Waals surface area contributed by atoms with Crippen molar-refractivity contribution in [1.82, 2.24) is 9.97 Å². The smallest absolute Gasteiger partial charge is 0.160 e. The molecular weight excluding hydrogens is 729 g/mol. The number of rotatable bonds is 5. The second-order valence-electron chi connectivity index (χ2n) is 18.7. The molecule has 7 aromatic carbocycles. The molecule has 0 N–H and O–H groups in total. The number of hydrogen-bond donors (Lipinski definition) is 0. The van der Waals surface area contributed by atoms with Crippen molar-refractivity contribution in [2.45, 2.75) is 42.9 Å². The molecule has 4 fully saturated rings.